The number of carbonyl (C=O) groups excluding carboxylic acids is 2. The third-order valence-corrected chi connectivity index (χ3v) is 7.17. The Morgan fingerprint density at radius 3 is 2.21 bits per heavy atom. The highest BCUT2D eigenvalue weighted by molar-refractivity contribution is 8.13. The monoisotopic (exact) mass is 459 g/mol. The number of benzene rings is 2. The quantitative estimate of drug-likeness (QED) is 0.177. The first-order chi connectivity index (χ1) is 16.0. The lowest BCUT2D eigenvalue weighted by molar-refractivity contribution is -0.125. The van der Waals surface area contributed by atoms with Crippen molar-refractivity contribution in [2.75, 3.05) is 5.75 Å². The molecule has 1 aliphatic heterocycles. The standard InChI is InChI=1S/C25H25N5O2S/c1-29-13-17(15-7-2-4-9-19(15)29)21-22(24(32)28-23(21)31)18-14-30(11-6-12-33-25(26)27)20-10-5-3-8-16(18)20/h2-5,7-10,13-14,21-22H,6,11-12H2,1H3,(H3,26,27)(H,28,31,32). The molecule has 2 aromatic carbocycles. The van der Waals surface area contributed by atoms with E-state index in [0.29, 0.717) is 0 Å². The number of amides is 2. The molecule has 4 aromatic rings. The second-order valence-electron chi connectivity index (χ2n) is 8.38. The summed E-state index contributed by atoms with van der Waals surface area (Å²) in [6.07, 6.45) is 4.83. The number of imide groups is 1. The van der Waals surface area contributed by atoms with Gasteiger partial charge in [0.25, 0.3) is 0 Å². The minimum absolute atomic E-state index is 0.118. The van der Waals surface area contributed by atoms with Crippen LogP contribution in [0.5, 0.6) is 0 Å². The zero-order chi connectivity index (χ0) is 23.1. The first-order valence-electron chi connectivity index (χ1n) is 10.9. The van der Waals surface area contributed by atoms with Crippen molar-refractivity contribution in [2.45, 2.75) is 24.8 Å². The van der Waals surface area contributed by atoms with Crippen molar-refractivity contribution in [3.8, 4) is 0 Å². The molecule has 2 amide bonds. The maximum absolute atomic E-state index is 13.1. The number of carbonyl (C=O) groups is 2. The van der Waals surface area contributed by atoms with Crippen LogP contribution in [-0.4, -0.2) is 31.9 Å². The van der Waals surface area contributed by atoms with Crippen molar-refractivity contribution >= 4 is 50.5 Å². The van der Waals surface area contributed by atoms with Crippen molar-refractivity contribution in [1.29, 1.82) is 5.41 Å². The number of aromatic nitrogens is 2. The van der Waals surface area contributed by atoms with Crippen LogP contribution in [-0.2, 0) is 23.2 Å². The van der Waals surface area contributed by atoms with Crippen LogP contribution in [0.25, 0.3) is 21.8 Å². The molecule has 168 valence electrons. The van der Waals surface area contributed by atoms with E-state index >= 15 is 0 Å². The molecule has 5 rings (SSSR count). The number of nitrogens with two attached hydrogens (primary N) is 1. The number of aryl methyl sites for hydroxylation is 2. The maximum atomic E-state index is 13.1. The number of thioether (sulfide) groups is 1. The van der Waals surface area contributed by atoms with Gasteiger partial charge in [0.2, 0.25) is 11.8 Å². The number of nitrogens with one attached hydrogen (secondary N) is 2. The molecule has 33 heavy (non-hydrogen) atoms. The summed E-state index contributed by atoms with van der Waals surface area (Å²) in [6, 6.07) is 16.0. The summed E-state index contributed by atoms with van der Waals surface area (Å²) < 4.78 is 4.15. The summed E-state index contributed by atoms with van der Waals surface area (Å²) in [7, 11) is 1.96. The van der Waals surface area contributed by atoms with Gasteiger partial charge in [-0.1, -0.05) is 48.2 Å². The van der Waals surface area contributed by atoms with Crippen LogP contribution in [0.1, 0.15) is 29.4 Å². The molecule has 7 nitrogen and oxygen atoms in total. The predicted octanol–water partition coefficient (Wildman–Crippen LogP) is 3.67. The van der Waals surface area contributed by atoms with E-state index in [1.54, 1.807) is 0 Å². The zero-order valence-electron chi connectivity index (χ0n) is 18.2. The van der Waals surface area contributed by atoms with Crippen molar-refractivity contribution < 1.29 is 9.59 Å². The average molecular weight is 460 g/mol. The maximum Gasteiger partial charge on any atom is 0.235 e. The van der Waals surface area contributed by atoms with Crippen molar-refractivity contribution in [3.05, 3.63) is 72.1 Å². The first kappa shape index (κ1) is 21.3. The van der Waals surface area contributed by atoms with Crippen LogP contribution < -0.4 is 11.1 Å². The highest BCUT2D eigenvalue weighted by atomic mass is 32.2. The van der Waals surface area contributed by atoms with Gasteiger partial charge < -0.3 is 14.9 Å². The third-order valence-electron chi connectivity index (χ3n) is 6.36. The Morgan fingerprint density at radius 1 is 0.970 bits per heavy atom. The summed E-state index contributed by atoms with van der Waals surface area (Å²) in [5.41, 5.74) is 9.25. The molecule has 0 saturated carbocycles. The Bertz CT molecular complexity index is 1400. The number of para-hydroxylation sites is 2. The van der Waals surface area contributed by atoms with E-state index in [0.717, 1.165) is 51.7 Å². The highest BCUT2D eigenvalue weighted by Gasteiger charge is 2.45. The van der Waals surface area contributed by atoms with E-state index in [4.69, 9.17) is 11.1 Å². The van der Waals surface area contributed by atoms with Gasteiger partial charge in [0.1, 0.15) is 0 Å². The second kappa shape index (κ2) is 8.44. The molecule has 2 aromatic heterocycles. The predicted molar refractivity (Wildman–Crippen MR) is 132 cm³/mol. The van der Waals surface area contributed by atoms with Crippen LogP contribution in [0.4, 0.5) is 0 Å². The van der Waals surface area contributed by atoms with Gasteiger partial charge in [-0.15, -0.1) is 0 Å². The van der Waals surface area contributed by atoms with Gasteiger partial charge in [0.05, 0.1) is 11.8 Å². The van der Waals surface area contributed by atoms with Crippen molar-refractivity contribution in [3.63, 3.8) is 0 Å². The fourth-order valence-corrected chi connectivity index (χ4v) is 5.46. The Labute approximate surface area is 195 Å². The fraction of sp³-hybridized carbons (Fsp3) is 0.240. The zero-order valence-corrected chi connectivity index (χ0v) is 19.1. The van der Waals surface area contributed by atoms with E-state index in [2.05, 4.69) is 9.88 Å². The Kier molecular flexibility index (Phi) is 5.46. The number of rotatable bonds is 6. The molecule has 2 atom stereocenters. The molecule has 4 N–H and O–H groups in total. The van der Waals surface area contributed by atoms with Crippen molar-refractivity contribution in [2.24, 2.45) is 12.8 Å². The summed E-state index contributed by atoms with van der Waals surface area (Å²) in [5, 5.41) is 12.1. The minimum atomic E-state index is -0.596. The molecule has 0 aliphatic carbocycles. The average Bonchev–Trinajstić information content (AvgIpc) is 3.42. The first-order valence-corrected chi connectivity index (χ1v) is 11.9. The molecule has 8 heteroatoms. The van der Waals surface area contributed by atoms with E-state index in [-0.39, 0.29) is 17.0 Å². The summed E-state index contributed by atoms with van der Waals surface area (Å²) in [6.45, 7) is 0.738. The second-order valence-corrected chi connectivity index (χ2v) is 9.52. The molecule has 3 heterocycles. The van der Waals surface area contributed by atoms with Gasteiger partial charge in [-0.25, -0.2) is 0 Å². The smallest absolute Gasteiger partial charge is 0.235 e. The van der Waals surface area contributed by atoms with Crippen LogP contribution >= 0.6 is 11.8 Å². The molecule has 2 unspecified atom stereocenters. The summed E-state index contributed by atoms with van der Waals surface area (Å²) in [5.74, 6) is -0.945. The minimum Gasteiger partial charge on any atom is -0.379 e. The number of hydrogen-bond acceptors (Lipinski definition) is 4. The van der Waals surface area contributed by atoms with Gasteiger partial charge in [0, 0.05) is 53.5 Å². The Balaban J connectivity index is 1.58. The molecule has 1 fully saturated rings. The number of nitrogens with zero attached hydrogens (tertiary/aromatic N) is 2. The highest BCUT2D eigenvalue weighted by Crippen LogP contribution is 2.43. The van der Waals surface area contributed by atoms with Gasteiger partial charge in [0.15, 0.2) is 5.17 Å². The van der Waals surface area contributed by atoms with Gasteiger partial charge >= 0.3 is 0 Å². The lowest BCUT2D eigenvalue weighted by Crippen LogP contribution is -2.21. The molecule has 0 radical (unpaired) electrons. The third kappa shape index (κ3) is 3.70. The fourth-order valence-electron chi connectivity index (χ4n) is 4.97. The van der Waals surface area contributed by atoms with Gasteiger partial charge in [-0.05, 0) is 29.7 Å². The molecular weight excluding hydrogens is 434 g/mol. The number of hydrogen-bond donors (Lipinski definition) is 3. The molecule has 1 aliphatic rings. The summed E-state index contributed by atoms with van der Waals surface area (Å²) >= 11 is 1.33. The molecule has 0 spiro atoms. The van der Waals surface area contributed by atoms with Crippen LogP contribution in [0.2, 0.25) is 0 Å². The molecular formula is C25H25N5O2S. The lowest BCUT2D eigenvalue weighted by Gasteiger charge is -2.15. The summed E-state index contributed by atoms with van der Waals surface area (Å²) in [4.78, 5) is 26.2. The van der Waals surface area contributed by atoms with E-state index < -0.39 is 11.8 Å². The van der Waals surface area contributed by atoms with Crippen molar-refractivity contribution in [1.82, 2.24) is 14.5 Å². The molecule has 0 bridgehead atoms. The topological polar surface area (TPSA) is 106 Å². The van der Waals surface area contributed by atoms with Gasteiger partial charge in [-0.2, -0.15) is 0 Å². The largest absolute Gasteiger partial charge is 0.379 e. The van der Waals surface area contributed by atoms with Crippen LogP contribution in [0.3, 0.4) is 0 Å². The van der Waals surface area contributed by atoms with E-state index in [9.17, 15) is 9.59 Å². The van der Waals surface area contributed by atoms with E-state index in [1.807, 2.05) is 72.5 Å². The number of amidine groups is 1. The van der Waals surface area contributed by atoms with Gasteiger partial charge in [-0.3, -0.25) is 20.3 Å². The molecule has 1 saturated heterocycles. The SMILES string of the molecule is Cn1cc(C2C(=O)NC(=O)C2c2cn(CCCSC(=N)N)c3ccccc23)c2ccccc21. The normalized spacial score (nSPS) is 18.3. The Morgan fingerprint density at radius 2 is 1.55 bits per heavy atom. The Hall–Kier alpha value is -3.52. The van der Waals surface area contributed by atoms with E-state index in [1.165, 1.54) is 11.8 Å². The number of fused-ring (bicyclic) bond motifs is 2. The van der Waals surface area contributed by atoms with Crippen LogP contribution in [0.15, 0.2) is 60.9 Å². The lowest BCUT2D eigenvalue weighted by atomic mass is 9.83. The van der Waals surface area contributed by atoms with Crippen LogP contribution in [0, 0.1) is 5.41 Å².